The minimum Gasteiger partial charge on any atom is -0.352 e. The summed E-state index contributed by atoms with van der Waals surface area (Å²) >= 11 is 0. The van der Waals surface area contributed by atoms with Crippen LogP contribution in [-0.4, -0.2) is 61.8 Å². The summed E-state index contributed by atoms with van der Waals surface area (Å²) in [6.07, 6.45) is 1.80. The fraction of sp³-hybridized carbons (Fsp3) is 0.435. The number of benzene rings is 2. The molecule has 1 amide bonds. The second kappa shape index (κ2) is 10.2. The number of amides is 1. The maximum atomic E-state index is 12.8. The molecule has 7 heteroatoms. The summed E-state index contributed by atoms with van der Waals surface area (Å²) in [6.45, 7) is 5.77. The average molecular weight is 430 g/mol. The van der Waals surface area contributed by atoms with Gasteiger partial charge in [0.15, 0.2) is 0 Å². The zero-order chi connectivity index (χ0) is 21.6. The summed E-state index contributed by atoms with van der Waals surface area (Å²) in [7, 11) is -3.48. The number of carbonyl (C=O) groups excluding carboxylic acids is 1. The fourth-order valence-corrected chi connectivity index (χ4v) is 5.15. The third-order valence-electron chi connectivity index (χ3n) is 5.68. The van der Waals surface area contributed by atoms with Gasteiger partial charge in [0, 0.05) is 32.2 Å². The zero-order valence-corrected chi connectivity index (χ0v) is 18.5. The number of hydrogen-bond donors (Lipinski definition) is 1. The highest BCUT2D eigenvalue weighted by Crippen LogP contribution is 2.18. The Bertz CT molecular complexity index is 911. The smallest absolute Gasteiger partial charge is 0.243 e. The van der Waals surface area contributed by atoms with E-state index in [0.29, 0.717) is 31.1 Å². The first-order valence-electron chi connectivity index (χ1n) is 10.5. The number of rotatable bonds is 8. The van der Waals surface area contributed by atoms with Gasteiger partial charge in [0.1, 0.15) is 0 Å². The van der Waals surface area contributed by atoms with Crippen LogP contribution in [0.1, 0.15) is 25.8 Å². The Morgan fingerprint density at radius 3 is 2.10 bits per heavy atom. The van der Waals surface area contributed by atoms with Crippen LogP contribution in [0, 0.1) is 0 Å². The minimum absolute atomic E-state index is 0.00470. The van der Waals surface area contributed by atoms with E-state index in [0.717, 1.165) is 12.8 Å². The number of nitrogens with one attached hydrogen (secondary N) is 1. The molecule has 1 fully saturated rings. The maximum absolute atomic E-state index is 12.8. The molecule has 0 aromatic heterocycles. The molecule has 0 radical (unpaired) electrons. The van der Waals surface area contributed by atoms with Crippen LogP contribution in [0.3, 0.4) is 0 Å². The van der Waals surface area contributed by atoms with Crippen molar-refractivity contribution in [2.45, 2.75) is 43.7 Å². The van der Waals surface area contributed by atoms with Crippen molar-refractivity contribution in [1.82, 2.24) is 14.5 Å². The van der Waals surface area contributed by atoms with Gasteiger partial charge < -0.3 is 5.32 Å². The van der Waals surface area contributed by atoms with E-state index in [1.165, 1.54) is 9.87 Å². The molecular weight excluding hydrogens is 398 g/mol. The van der Waals surface area contributed by atoms with Gasteiger partial charge in [0.25, 0.3) is 0 Å². The summed E-state index contributed by atoms with van der Waals surface area (Å²) in [5.41, 5.74) is 1.27. The van der Waals surface area contributed by atoms with Crippen molar-refractivity contribution in [2.75, 3.05) is 26.2 Å². The van der Waals surface area contributed by atoms with Crippen molar-refractivity contribution < 1.29 is 13.2 Å². The zero-order valence-electron chi connectivity index (χ0n) is 17.7. The van der Waals surface area contributed by atoms with E-state index in [-0.39, 0.29) is 18.0 Å². The Kier molecular flexibility index (Phi) is 7.64. The summed E-state index contributed by atoms with van der Waals surface area (Å²) in [4.78, 5) is 15.0. The lowest BCUT2D eigenvalue weighted by Crippen LogP contribution is -2.55. The highest BCUT2D eigenvalue weighted by molar-refractivity contribution is 7.89. The lowest BCUT2D eigenvalue weighted by Gasteiger charge is -2.37. The lowest BCUT2D eigenvalue weighted by atomic mass is 10.1. The van der Waals surface area contributed by atoms with Crippen molar-refractivity contribution in [3.8, 4) is 0 Å². The molecule has 1 aliphatic rings. The molecule has 6 nitrogen and oxygen atoms in total. The Balaban J connectivity index is 1.47. The van der Waals surface area contributed by atoms with Crippen LogP contribution < -0.4 is 5.32 Å². The molecule has 0 spiro atoms. The average Bonchev–Trinajstić information content (AvgIpc) is 2.78. The van der Waals surface area contributed by atoms with E-state index in [9.17, 15) is 13.2 Å². The second-order valence-electron chi connectivity index (χ2n) is 7.86. The van der Waals surface area contributed by atoms with Crippen LogP contribution in [0.2, 0.25) is 0 Å². The molecule has 0 unspecified atom stereocenters. The Morgan fingerprint density at radius 1 is 0.933 bits per heavy atom. The van der Waals surface area contributed by atoms with Crippen LogP contribution in [0.4, 0.5) is 0 Å². The summed E-state index contributed by atoms with van der Waals surface area (Å²) in [6, 6.07) is 18.5. The molecule has 0 saturated carbocycles. The van der Waals surface area contributed by atoms with Crippen molar-refractivity contribution in [2.24, 2.45) is 0 Å². The standard InChI is InChI=1S/C23H31N3O3S/c1-19(13-14-21-9-5-3-6-10-21)24-23(27)20(2)25-15-17-26(18-16-25)30(28,29)22-11-7-4-8-12-22/h3-12,19-20H,13-18H2,1-2H3,(H,24,27)/t19-,20+/m0/s1. The minimum atomic E-state index is -3.48. The molecule has 3 rings (SSSR count). The Hall–Kier alpha value is -2.22. The Morgan fingerprint density at radius 2 is 1.50 bits per heavy atom. The van der Waals surface area contributed by atoms with Gasteiger partial charge in [-0.1, -0.05) is 48.5 Å². The van der Waals surface area contributed by atoms with Gasteiger partial charge in [-0.15, -0.1) is 0 Å². The normalized spacial score (nSPS) is 17.9. The summed E-state index contributed by atoms with van der Waals surface area (Å²) < 4.78 is 27.0. The topological polar surface area (TPSA) is 69.7 Å². The van der Waals surface area contributed by atoms with Gasteiger partial charge in [0.05, 0.1) is 10.9 Å². The predicted octanol–water partition coefficient (Wildman–Crippen LogP) is 2.52. The number of sulfonamides is 1. The van der Waals surface area contributed by atoms with Crippen molar-refractivity contribution >= 4 is 15.9 Å². The molecule has 2 aromatic rings. The number of aryl methyl sites for hydroxylation is 1. The van der Waals surface area contributed by atoms with Crippen LogP contribution in [0.25, 0.3) is 0 Å². The molecule has 1 N–H and O–H groups in total. The van der Waals surface area contributed by atoms with Crippen LogP contribution >= 0.6 is 0 Å². The van der Waals surface area contributed by atoms with Gasteiger partial charge in [-0.25, -0.2) is 8.42 Å². The van der Waals surface area contributed by atoms with Crippen molar-refractivity contribution in [3.63, 3.8) is 0 Å². The third kappa shape index (κ3) is 5.68. The van der Waals surface area contributed by atoms with E-state index >= 15 is 0 Å². The number of carbonyl (C=O) groups is 1. The molecule has 1 aliphatic heterocycles. The Labute approximate surface area is 179 Å². The highest BCUT2D eigenvalue weighted by atomic mass is 32.2. The molecule has 1 heterocycles. The van der Waals surface area contributed by atoms with Gasteiger partial charge >= 0.3 is 0 Å². The fourth-order valence-electron chi connectivity index (χ4n) is 3.70. The van der Waals surface area contributed by atoms with Crippen LogP contribution in [-0.2, 0) is 21.2 Å². The van der Waals surface area contributed by atoms with Crippen LogP contribution in [0.15, 0.2) is 65.6 Å². The molecule has 0 aliphatic carbocycles. The first-order valence-corrected chi connectivity index (χ1v) is 12.0. The van der Waals surface area contributed by atoms with Gasteiger partial charge in [-0.3, -0.25) is 9.69 Å². The van der Waals surface area contributed by atoms with Gasteiger partial charge in [-0.2, -0.15) is 4.31 Å². The molecule has 0 bridgehead atoms. The van der Waals surface area contributed by atoms with Crippen LogP contribution in [0.5, 0.6) is 0 Å². The third-order valence-corrected chi connectivity index (χ3v) is 7.59. The summed E-state index contributed by atoms with van der Waals surface area (Å²) in [5, 5.41) is 3.10. The van der Waals surface area contributed by atoms with E-state index in [1.54, 1.807) is 30.3 Å². The van der Waals surface area contributed by atoms with E-state index in [4.69, 9.17) is 0 Å². The molecule has 30 heavy (non-hydrogen) atoms. The molecule has 162 valence electrons. The van der Waals surface area contributed by atoms with Gasteiger partial charge in [0.2, 0.25) is 15.9 Å². The van der Waals surface area contributed by atoms with Crippen molar-refractivity contribution in [3.05, 3.63) is 66.2 Å². The maximum Gasteiger partial charge on any atom is 0.243 e. The monoisotopic (exact) mass is 429 g/mol. The predicted molar refractivity (Wildman–Crippen MR) is 119 cm³/mol. The van der Waals surface area contributed by atoms with Gasteiger partial charge in [-0.05, 0) is 44.4 Å². The largest absolute Gasteiger partial charge is 0.352 e. The van der Waals surface area contributed by atoms with E-state index < -0.39 is 10.0 Å². The highest BCUT2D eigenvalue weighted by Gasteiger charge is 2.31. The van der Waals surface area contributed by atoms with E-state index in [1.807, 2.05) is 32.0 Å². The van der Waals surface area contributed by atoms with Crippen molar-refractivity contribution in [1.29, 1.82) is 0 Å². The molecule has 2 aromatic carbocycles. The number of nitrogens with zero attached hydrogens (tertiary/aromatic N) is 2. The lowest BCUT2D eigenvalue weighted by molar-refractivity contribution is -0.127. The molecular formula is C23H31N3O3S. The number of hydrogen-bond acceptors (Lipinski definition) is 4. The summed E-state index contributed by atoms with van der Waals surface area (Å²) in [5.74, 6) is -0.00470. The van der Waals surface area contributed by atoms with E-state index in [2.05, 4.69) is 22.3 Å². The first-order chi connectivity index (χ1) is 14.4. The second-order valence-corrected chi connectivity index (χ2v) is 9.80. The quantitative estimate of drug-likeness (QED) is 0.700. The number of piperazine rings is 1. The molecule has 1 saturated heterocycles. The first kappa shape index (κ1) is 22.5. The SMILES string of the molecule is C[C@H](C(=O)N[C@@H](C)CCc1ccccc1)N1CCN(S(=O)(=O)c2ccccc2)CC1. The molecule has 2 atom stereocenters.